The highest BCUT2D eigenvalue weighted by Crippen LogP contribution is 2.76. The van der Waals surface area contributed by atoms with Gasteiger partial charge in [-0.15, -0.1) is 0 Å². The molecule has 5 aliphatic rings. The molecule has 6 nitrogen and oxygen atoms in total. The van der Waals surface area contributed by atoms with Crippen LogP contribution in [-0.4, -0.2) is 49.9 Å². The molecule has 2 bridgehead atoms. The third-order valence-electron chi connectivity index (χ3n) is 11.5. The summed E-state index contributed by atoms with van der Waals surface area (Å²) in [6.07, 6.45) is 6.98. The van der Waals surface area contributed by atoms with Gasteiger partial charge in [0.05, 0.1) is 17.7 Å². The van der Waals surface area contributed by atoms with Crippen molar-refractivity contribution >= 4 is 5.97 Å². The highest BCUT2D eigenvalue weighted by molar-refractivity contribution is 5.66. The molecule has 2 heterocycles. The quantitative estimate of drug-likeness (QED) is 0.454. The van der Waals surface area contributed by atoms with E-state index < -0.39 is 23.3 Å². The number of carboxylic acids is 1. The number of carbonyl (C=O) groups is 1. The van der Waals surface area contributed by atoms with Crippen LogP contribution in [0, 0.1) is 40.4 Å². The molecule has 0 aromatic rings. The van der Waals surface area contributed by atoms with Crippen LogP contribution in [0.15, 0.2) is 0 Å². The maximum absolute atomic E-state index is 12.2. The number of rotatable bonds is 5. The molecule has 11 atom stereocenters. The Hall–Kier alpha value is -0.690. The summed E-state index contributed by atoms with van der Waals surface area (Å²) in [5.74, 6) is 0.465. The Morgan fingerprint density at radius 2 is 1.90 bits per heavy atom. The summed E-state index contributed by atoms with van der Waals surface area (Å²) >= 11 is 0. The van der Waals surface area contributed by atoms with E-state index in [1.165, 1.54) is 0 Å². The van der Waals surface area contributed by atoms with E-state index in [1.54, 1.807) is 0 Å². The number of aliphatic hydroxyl groups is 3. The molecule has 6 heteroatoms. The van der Waals surface area contributed by atoms with Crippen LogP contribution in [0.3, 0.4) is 0 Å². The fourth-order valence-electron chi connectivity index (χ4n) is 10.1. The van der Waals surface area contributed by atoms with Gasteiger partial charge in [-0.1, -0.05) is 20.8 Å². The number of hydrogen-bond acceptors (Lipinski definition) is 5. The minimum Gasteiger partial charge on any atom is -0.481 e. The SMILES string of the molecule is CCC12CCC(O)CC1CC(O)C13NC(O)(CC21)C1(C)C(C(C)CCC(=O)O)CCC31. The molecule has 3 saturated carbocycles. The van der Waals surface area contributed by atoms with E-state index in [0.29, 0.717) is 25.2 Å². The number of fused-ring (bicyclic) bond motifs is 5. The van der Waals surface area contributed by atoms with Crippen LogP contribution in [0.5, 0.6) is 0 Å². The second-order valence-electron chi connectivity index (χ2n) is 12.1. The predicted octanol–water partition coefficient (Wildman–Crippen LogP) is 2.89. The lowest BCUT2D eigenvalue weighted by molar-refractivity contribution is -0.187. The fraction of sp³-hybridized carbons (Fsp3) is 0.960. The van der Waals surface area contributed by atoms with Crippen molar-refractivity contribution in [3.05, 3.63) is 0 Å². The number of aliphatic hydroxyl groups excluding tert-OH is 2. The van der Waals surface area contributed by atoms with Gasteiger partial charge in [-0.05, 0) is 92.8 Å². The molecule has 31 heavy (non-hydrogen) atoms. The molecular weight excluding hydrogens is 394 g/mol. The maximum atomic E-state index is 12.2. The molecule has 11 unspecified atom stereocenters. The first-order valence-corrected chi connectivity index (χ1v) is 12.6. The number of hydrogen-bond donors (Lipinski definition) is 5. The minimum absolute atomic E-state index is 0.0737. The smallest absolute Gasteiger partial charge is 0.303 e. The van der Waals surface area contributed by atoms with Gasteiger partial charge in [0.25, 0.3) is 0 Å². The molecule has 2 saturated heterocycles. The van der Waals surface area contributed by atoms with E-state index in [-0.39, 0.29) is 47.0 Å². The van der Waals surface area contributed by atoms with E-state index in [4.69, 9.17) is 0 Å². The highest BCUT2D eigenvalue weighted by Gasteiger charge is 2.82. The Kier molecular flexibility index (Phi) is 4.93. The summed E-state index contributed by atoms with van der Waals surface area (Å²) in [6, 6.07) is 0. The third-order valence-corrected chi connectivity index (χ3v) is 11.5. The van der Waals surface area contributed by atoms with Crippen LogP contribution >= 0.6 is 0 Å². The van der Waals surface area contributed by atoms with Gasteiger partial charge < -0.3 is 20.4 Å². The largest absolute Gasteiger partial charge is 0.481 e. The molecule has 5 rings (SSSR count). The Morgan fingerprint density at radius 1 is 1.16 bits per heavy atom. The summed E-state index contributed by atoms with van der Waals surface area (Å²) < 4.78 is 0. The topological polar surface area (TPSA) is 110 Å². The van der Waals surface area contributed by atoms with Crippen molar-refractivity contribution < 1.29 is 25.2 Å². The Morgan fingerprint density at radius 3 is 2.58 bits per heavy atom. The van der Waals surface area contributed by atoms with Crippen molar-refractivity contribution in [2.45, 2.75) is 108 Å². The zero-order valence-corrected chi connectivity index (χ0v) is 19.3. The first kappa shape index (κ1) is 22.1. The lowest BCUT2D eigenvalue weighted by atomic mass is 9.41. The molecule has 2 aliphatic heterocycles. The molecule has 5 fully saturated rings. The minimum atomic E-state index is -1.02. The summed E-state index contributed by atoms with van der Waals surface area (Å²) in [4.78, 5) is 11.2. The fourth-order valence-corrected chi connectivity index (χ4v) is 10.1. The van der Waals surface area contributed by atoms with Crippen LogP contribution in [-0.2, 0) is 4.79 Å². The van der Waals surface area contributed by atoms with E-state index in [9.17, 15) is 25.2 Å². The molecule has 1 spiro atoms. The molecular formula is C25H41NO5. The predicted molar refractivity (Wildman–Crippen MR) is 116 cm³/mol. The van der Waals surface area contributed by atoms with Gasteiger partial charge >= 0.3 is 5.97 Å². The number of nitrogens with one attached hydrogen (secondary N) is 1. The Labute approximate surface area is 185 Å². The van der Waals surface area contributed by atoms with Crippen LogP contribution in [0.25, 0.3) is 0 Å². The van der Waals surface area contributed by atoms with E-state index in [2.05, 4.69) is 26.1 Å². The van der Waals surface area contributed by atoms with Crippen molar-refractivity contribution in [3.63, 3.8) is 0 Å². The van der Waals surface area contributed by atoms with Gasteiger partial charge in [0.2, 0.25) is 0 Å². The Bertz CT molecular complexity index is 760. The van der Waals surface area contributed by atoms with Crippen LogP contribution in [0.4, 0.5) is 0 Å². The highest BCUT2D eigenvalue weighted by atomic mass is 16.4. The second kappa shape index (κ2) is 6.91. The zero-order chi connectivity index (χ0) is 22.4. The molecule has 0 radical (unpaired) electrons. The van der Waals surface area contributed by atoms with Gasteiger partial charge in [0, 0.05) is 11.8 Å². The molecule has 0 aromatic carbocycles. The van der Waals surface area contributed by atoms with E-state index in [1.807, 2.05) is 0 Å². The van der Waals surface area contributed by atoms with Crippen molar-refractivity contribution in [3.8, 4) is 0 Å². The molecule has 5 N–H and O–H groups in total. The lowest BCUT2D eigenvalue weighted by Gasteiger charge is -2.63. The van der Waals surface area contributed by atoms with Gasteiger partial charge in [-0.3, -0.25) is 10.1 Å². The Balaban J connectivity index is 1.52. The monoisotopic (exact) mass is 435 g/mol. The van der Waals surface area contributed by atoms with Gasteiger partial charge in [-0.2, -0.15) is 0 Å². The van der Waals surface area contributed by atoms with E-state index in [0.717, 1.165) is 38.5 Å². The van der Waals surface area contributed by atoms with Gasteiger partial charge in [-0.25, -0.2) is 0 Å². The summed E-state index contributed by atoms with van der Waals surface area (Å²) in [5, 5.41) is 47.0. The molecule has 176 valence electrons. The standard InChI is InChI=1S/C25H41NO5/c1-4-23-10-9-16(27)11-15(23)12-20(28)25-18-7-6-17(14(2)5-8-21(29)30)22(18,3)24(31,26-25)13-19(23)25/h14-20,26-28,31H,4-13H2,1-3H3,(H,29,30). The number of carboxylic acid groups (broad SMARTS) is 1. The van der Waals surface area contributed by atoms with E-state index >= 15 is 0 Å². The number of aliphatic carboxylic acids is 1. The summed E-state index contributed by atoms with van der Waals surface area (Å²) in [6.45, 7) is 6.62. The summed E-state index contributed by atoms with van der Waals surface area (Å²) in [7, 11) is 0. The molecule has 0 amide bonds. The van der Waals surface area contributed by atoms with Crippen LogP contribution in [0.1, 0.15) is 85.0 Å². The van der Waals surface area contributed by atoms with Gasteiger partial charge in [0.1, 0.15) is 5.72 Å². The molecule has 3 aliphatic carbocycles. The first-order valence-electron chi connectivity index (χ1n) is 12.6. The lowest BCUT2D eigenvalue weighted by Crippen LogP contribution is -2.68. The van der Waals surface area contributed by atoms with Crippen molar-refractivity contribution in [2.24, 2.45) is 40.4 Å². The third kappa shape index (κ3) is 2.57. The van der Waals surface area contributed by atoms with Crippen LogP contribution < -0.4 is 5.32 Å². The second-order valence-corrected chi connectivity index (χ2v) is 12.1. The summed E-state index contributed by atoms with van der Waals surface area (Å²) in [5.41, 5.74) is -1.75. The normalized spacial score (nSPS) is 56.1. The van der Waals surface area contributed by atoms with Crippen molar-refractivity contribution in [2.75, 3.05) is 0 Å². The van der Waals surface area contributed by atoms with Gasteiger partial charge in [0.15, 0.2) is 0 Å². The average molecular weight is 436 g/mol. The van der Waals surface area contributed by atoms with Crippen molar-refractivity contribution in [1.82, 2.24) is 5.32 Å². The molecule has 0 aromatic heterocycles. The first-order chi connectivity index (χ1) is 14.5. The average Bonchev–Trinajstić information content (AvgIpc) is 3.30. The zero-order valence-electron chi connectivity index (χ0n) is 19.3. The van der Waals surface area contributed by atoms with Crippen molar-refractivity contribution in [1.29, 1.82) is 0 Å². The maximum Gasteiger partial charge on any atom is 0.303 e. The van der Waals surface area contributed by atoms with Crippen LogP contribution in [0.2, 0.25) is 0 Å².